The summed E-state index contributed by atoms with van der Waals surface area (Å²) in [5, 5.41) is 3.68. The monoisotopic (exact) mass is 315 g/mol. The van der Waals surface area contributed by atoms with Gasteiger partial charge >= 0.3 is 5.97 Å². The number of hydrogen-bond acceptors (Lipinski definition) is 3. The number of halogens is 2. The van der Waals surface area contributed by atoms with Crippen LogP contribution in [0.2, 0.25) is 10.0 Å². The molecule has 1 N–H and O–H groups in total. The molecule has 0 saturated carbocycles. The second-order valence-corrected chi connectivity index (χ2v) is 4.81. The van der Waals surface area contributed by atoms with Crippen molar-refractivity contribution >= 4 is 41.2 Å². The van der Waals surface area contributed by atoms with Crippen molar-refractivity contribution in [3.63, 3.8) is 0 Å². The molecule has 0 radical (unpaired) electrons. The van der Waals surface area contributed by atoms with Crippen molar-refractivity contribution in [1.82, 2.24) is 5.32 Å². The van der Waals surface area contributed by atoms with Crippen molar-refractivity contribution in [2.45, 2.75) is 12.8 Å². The van der Waals surface area contributed by atoms with Crippen LogP contribution in [-0.4, -0.2) is 25.5 Å². The molecule has 0 aliphatic rings. The topological polar surface area (TPSA) is 55.4 Å². The van der Waals surface area contributed by atoms with Gasteiger partial charge in [0, 0.05) is 29.1 Å². The number of amides is 1. The Labute approximate surface area is 127 Å². The molecule has 20 heavy (non-hydrogen) atoms. The van der Waals surface area contributed by atoms with Gasteiger partial charge in [0.15, 0.2) is 0 Å². The van der Waals surface area contributed by atoms with E-state index in [1.54, 1.807) is 24.3 Å². The van der Waals surface area contributed by atoms with Gasteiger partial charge in [-0.05, 0) is 30.2 Å². The molecular weight excluding hydrogens is 301 g/mol. The van der Waals surface area contributed by atoms with Crippen LogP contribution in [0.25, 0.3) is 6.08 Å². The third-order valence-electron chi connectivity index (χ3n) is 2.46. The minimum atomic E-state index is -0.289. The number of hydrogen-bond donors (Lipinski definition) is 1. The van der Waals surface area contributed by atoms with Crippen LogP contribution in [-0.2, 0) is 14.3 Å². The van der Waals surface area contributed by atoms with Crippen LogP contribution in [0.15, 0.2) is 24.3 Å². The average Bonchev–Trinajstić information content (AvgIpc) is 2.42. The van der Waals surface area contributed by atoms with E-state index in [0.717, 1.165) is 0 Å². The van der Waals surface area contributed by atoms with Crippen LogP contribution in [0.3, 0.4) is 0 Å². The molecule has 1 aromatic carbocycles. The van der Waals surface area contributed by atoms with Crippen molar-refractivity contribution < 1.29 is 14.3 Å². The minimum Gasteiger partial charge on any atom is -0.469 e. The molecule has 0 saturated heterocycles. The fourth-order valence-electron chi connectivity index (χ4n) is 1.41. The van der Waals surface area contributed by atoms with Crippen LogP contribution >= 0.6 is 23.2 Å². The summed E-state index contributed by atoms with van der Waals surface area (Å²) in [6, 6.07) is 5.03. The van der Waals surface area contributed by atoms with Gasteiger partial charge in [0.2, 0.25) is 5.91 Å². The first-order valence-corrected chi connectivity index (χ1v) is 6.76. The fraction of sp³-hybridized carbons (Fsp3) is 0.286. The maximum absolute atomic E-state index is 11.5. The van der Waals surface area contributed by atoms with E-state index < -0.39 is 0 Å². The molecule has 0 spiro atoms. The van der Waals surface area contributed by atoms with Crippen molar-refractivity contribution in [3.8, 4) is 0 Å². The maximum Gasteiger partial charge on any atom is 0.305 e. The number of benzene rings is 1. The summed E-state index contributed by atoms with van der Waals surface area (Å²) in [7, 11) is 1.33. The van der Waals surface area contributed by atoms with Gasteiger partial charge in [0.05, 0.1) is 7.11 Å². The van der Waals surface area contributed by atoms with Crippen molar-refractivity contribution in [2.24, 2.45) is 0 Å². The van der Waals surface area contributed by atoms with E-state index in [2.05, 4.69) is 10.1 Å². The van der Waals surface area contributed by atoms with Crippen LogP contribution in [0.1, 0.15) is 18.4 Å². The molecule has 1 aromatic rings. The molecule has 0 atom stereocenters. The van der Waals surface area contributed by atoms with Gasteiger partial charge in [-0.15, -0.1) is 0 Å². The Morgan fingerprint density at radius 1 is 1.35 bits per heavy atom. The molecule has 4 nitrogen and oxygen atoms in total. The Morgan fingerprint density at radius 3 is 2.75 bits per heavy atom. The molecule has 6 heteroatoms. The Kier molecular flexibility index (Phi) is 7.12. The number of nitrogens with one attached hydrogen (secondary N) is 1. The molecule has 1 rings (SSSR count). The summed E-state index contributed by atoms with van der Waals surface area (Å²) in [6.07, 6.45) is 3.80. The summed E-state index contributed by atoms with van der Waals surface area (Å²) in [6.45, 7) is 0.409. The first-order valence-electron chi connectivity index (χ1n) is 6.00. The predicted molar refractivity (Wildman–Crippen MR) is 79.8 cm³/mol. The largest absolute Gasteiger partial charge is 0.469 e. The van der Waals surface area contributed by atoms with Crippen LogP contribution in [0.4, 0.5) is 0 Å². The van der Waals surface area contributed by atoms with Gasteiger partial charge < -0.3 is 10.1 Å². The summed E-state index contributed by atoms with van der Waals surface area (Å²) in [5.41, 5.74) is 0.709. The van der Waals surface area contributed by atoms with E-state index in [1.807, 2.05) is 0 Å². The van der Waals surface area contributed by atoms with E-state index in [-0.39, 0.29) is 18.3 Å². The zero-order chi connectivity index (χ0) is 15.0. The molecule has 0 heterocycles. The molecule has 108 valence electrons. The van der Waals surface area contributed by atoms with Gasteiger partial charge in [-0.1, -0.05) is 29.3 Å². The lowest BCUT2D eigenvalue weighted by atomic mass is 10.2. The highest BCUT2D eigenvalue weighted by atomic mass is 35.5. The number of ether oxygens (including phenoxy) is 1. The van der Waals surface area contributed by atoms with Gasteiger partial charge in [-0.25, -0.2) is 0 Å². The summed E-state index contributed by atoms with van der Waals surface area (Å²) in [5.74, 6) is -0.538. The number of carbonyl (C=O) groups is 2. The van der Waals surface area contributed by atoms with E-state index in [1.165, 1.54) is 13.2 Å². The molecule has 0 fully saturated rings. The van der Waals surface area contributed by atoms with Crippen molar-refractivity contribution in [3.05, 3.63) is 39.9 Å². The van der Waals surface area contributed by atoms with E-state index >= 15 is 0 Å². The summed E-state index contributed by atoms with van der Waals surface area (Å²) < 4.78 is 4.49. The van der Waals surface area contributed by atoms with Crippen LogP contribution in [0.5, 0.6) is 0 Å². The van der Waals surface area contributed by atoms with E-state index in [0.29, 0.717) is 28.6 Å². The Morgan fingerprint density at radius 2 is 2.10 bits per heavy atom. The molecule has 1 amide bonds. The van der Waals surface area contributed by atoms with Crippen LogP contribution in [0, 0.1) is 0 Å². The second-order valence-electron chi connectivity index (χ2n) is 3.97. The average molecular weight is 316 g/mol. The standard InChI is InChI=1S/C14H15Cl2NO3/c1-20-14(19)3-2-8-17-13(18)7-5-10-4-6-11(15)9-12(10)16/h4-7,9H,2-3,8H2,1H3,(H,17,18)/b7-5+. The third kappa shape index (κ3) is 6.08. The fourth-order valence-corrected chi connectivity index (χ4v) is 1.88. The van der Waals surface area contributed by atoms with E-state index in [4.69, 9.17) is 23.2 Å². The molecule has 0 unspecified atom stereocenters. The summed E-state index contributed by atoms with van der Waals surface area (Å²) >= 11 is 11.7. The lowest BCUT2D eigenvalue weighted by Crippen LogP contribution is -2.22. The van der Waals surface area contributed by atoms with Gasteiger partial charge in [-0.2, -0.15) is 0 Å². The van der Waals surface area contributed by atoms with Crippen LogP contribution < -0.4 is 5.32 Å². The first kappa shape index (κ1) is 16.5. The number of methoxy groups -OCH3 is 1. The highest BCUT2D eigenvalue weighted by Gasteiger charge is 2.01. The highest BCUT2D eigenvalue weighted by Crippen LogP contribution is 2.21. The minimum absolute atomic E-state index is 0.249. The highest BCUT2D eigenvalue weighted by molar-refractivity contribution is 6.35. The summed E-state index contributed by atoms with van der Waals surface area (Å²) in [4.78, 5) is 22.4. The molecule has 0 aliphatic carbocycles. The second kappa shape index (κ2) is 8.61. The number of esters is 1. The van der Waals surface area contributed by atoms with Gasteiger partial charge in [0.1, 0.15) is 0 Å². The van der Waals surface area contributed by atoms with Crippen molar-refractivity contribution in [1.29, 1.82) is 0 Å². The Hall–Kier alpha value is -1.52. The molecular formula is C14H15Cl2NO3. The zero-order valence-corrected chi connectivity index (χ0v) is 12.5. The zero-order valence-electron chi connectivity index (χ0n) is 11.0. The van der Waals surface area contributed by atoms with Crippen molar-refractivity contribution in [2.75, 3.05) is 13.7 Å². The van der Waals surface area contributed by atoms with Gasteiger partial charge in [-0.3, -0.25) is 9.59 Å². The smallest absolute Gasteiger partial charge is 0.305 e. The molecule has 0 bridgehead atoms. The third-order valence-corrected chi connectivity index (χ3v) is 3.02. The number of rotatable bonds is 6. The Balaban J connectivity index is 2.38. The molecule has 0 aliphatic heterocycles. The lowest BCUT2D eigenvalue weighted by molar-refractivity contribution is -0.140. The lowest BCUT2D eigenvalue weighted by Gasteiger charge is -2.02. The van der Waals surface area contributed by atoms with Gasteiger partial charge in [0.25, 0.3) is 0 Å². The quantitative estimate of drug-likeness (QED) is 0.498. The first-order chi connectivity index (χ1) is 9.52. The Bertz CT molecular complexity index is 515. The van der Waals surface area contributed by atoms with E-state index in [9.17, 15) is 9.59 Å². The SMILES string of the molecule is COC(=O)CCCNC(=O)/C=C/c1ccc(Cl)cc1Cl. The normalized spacial score (nSPS) is 10.6. The predicted octanol–water partition coefficient (Wildman–Crippen LogP) is 3.08. The number of carbonyl (C=O) groups excluding carboxylic acids is 2. The molecule has 0 aromatic heterocycles. The maximum atomic E-state index is 11.5.